The summed E-state index contributed by atoms with van der Waals surface area (Å²) in [5.74, 6) is -0.985. The molecule has 1 amide bonds. The van der Waals surface area contributed by atoms with Gasteiger partial charge in [-0.2, -0.15) is 0 Å². The Morgan fingerprint density at radius 3 is 2.76 bits per heavy atom. The van der Waals surface area contributed by atoms with Crippen LogP contribution in [-0.2, 0) is 14.3 Å². The summed E-state index contributed by atoms with van der Waals surface area (Å²) in [5, 5.41) is 5.59. The second kappa shape index (κ2) is 11.2. The van der Waals surface area contributed by atoms with Crippen molar-refractivity contribution in [3.63, 3.8) is 0 Å². The van der Waals surface area contributed by atoms with Gasteiger partial charge in [-0.1, -0.05) is 37.2 Å². The standard InChI is InChI=1S/C25H31FN4O3S/c1-3-20-22(24(32)33-2)23(17-8-7-9-18(26)14-17)30-19(16-34-25(30)28-20)15-21(31)27-10-13-29-11-5-4-6-12-29/h7-9,14,16,23H,3-6,10-13,15H2,1-2H3,(H,27,31)/t23-/m0/s1. The fraction of sp³-hybridized carbons (Fsp3) is 0.480. The predicted octanol–water partition coefficient (Wildman–Crippen LogP) is 3.96. The molecule has 0 bridgehead atoms. The van der Waals surface area contributed by atoms with Crippen LogP contribution in [0.1, 0.15) is 50.6 Å². The molecule has 0 spiro atoms. The number of nitrogens with one attached hydrogen (secondary N) is 1. The van der Waals surface area contributed by atoms with Crippen LogP contribution in [0.15, 0.2) is 51.6 Å². The minimum atomic E-state index is -0.618. The molecule has 9 heteroatoms. The predicted molar refractivity (Wildman–Crippen MR) is 131 cm³/mol. The zero-order chi connectivity index (χ0) is 24.1. The topological polar surface area (TPSA) is 74.2 Å². The van der Waals surface area contributed by atoms with Gasteiger partial charge < -0.3 is 19.9 Å². The highest BCUT2D eigenvalue weighted by atomic mass is 32.2. The van der Waals surface area contributed by atoms with E-state index in [1.54, 1.807) is 12.1 Å². The summed E-state index contributed by atoms with van der Waals surface area (Å²) in [6.45, 7) is 5.54. The Hall–Kier alpha value is -2.65. The molecule has 0 unspecified atom stereocenters. The van der Waals surface area contributed by atoms with E-state index in [9.17, 15) is 14.0 Å². The lowest BCUT2D eigenvalue weighted by Gasteiger charge is -2.36. The maximum Gasteiger partial charge on any atom is 0.338 e. The molecule has 1 aromatic carbocycles. The molecule has 3 aliphatic rings. The van der Waals surface area contributed by atoms with Crippen molar-refractivity contribution in [1.82, 2.24) is 15.1 Å². The summed E-state index contributed by atoms with van der Waals surface area (Å²) >= 11 is 1.41. The van der Waals surface area contributed by atoms with Gasteiger partial charge >= 0.3 is 5.97 Å². The van der Waals surface area contributed by atoms with Crippen molar-refractivity contribution >= 4 is 28.8 Å². The molecule has 1 N–H and O–H groups in total. The first kappa shape index (κ1) is 24.5. The highest BCUT2D eigenvalue weighted by Crippen LogP contribution is 2.45. The highest BCUT2D eigenvalue weighted by molar-refractivity contribution is 8.16. The van der Waals surface area contributed by atoms with Crippen LogP contribution in [0.5, 0.6) is 0 Å². The van der Waals surface area contributed by atoms with E-state index in [1.807, 2.05) is 17.2 Å². The molecule has 0 radical (unpaired) electrons. The van der Waals surface area contributed by atoms with Crippen LogP contribution >= 0.6 is 11.8 Å². The Kier molecular flexibility index (Phi) is 8.05. The third kappa shape index (κ3) is 5.36. The van der Waals surface area contributed by atoms with Gasteiger partial charge in [0.25, 0.3) is 0 Å². The van der Waals surface area contributed by atoms with Crippen LogP contribution in [0.2, 0.25) is 0 Å². The number of carbonyl (C=O) groups excluding carboxylic acids is 2. The highest BCUT2D eigenvalue weighted by Gasteiger charge is 2.41. The van der Waals surface area contributed by atoms with E-state index in [-0.39, 0.29) is 12.3 Å². The lowest BCUT2D eigenvalue weighted by molar-refractivity contribution is -0.136. The number of esters is 1. The summed E-state index contributed by atoms with van der Waals surface area (Å²) in [4.78, 5) is 34.6. The number of hydrogen-bond donors (Lipinski definition) is 1. The number of allylic oxidation sites excluding steroid dienone is 1. The maximum atomic E-state index is 14.2. The monoisotopic (exact) mass is 486 g/mol. The molecule has 1 atom stereocenters. The summed E-state index contributed by atoms with van der Waals surface area (Å²) in [5.41, 5.74) is 2.32. The summed E-state index contributed by atoms with van der Waals surface area (Å²) < 4.78 is 19.3. The van der Waals surface area contributed by atoms with Gasteiger partial charge in [0.1, 0.15) is 5.82 Å². The summed E-state index contributed by atoms with van der Waals surface area (Å²) in [6.07, 6.45) is 4.38. The summed E-state index contributed by atoms with van der Waals surface area (Å²) in [6, 6.07) is 5.58. The van der Waals surface area contributed by atoms with E-state index in [0.717, 1.165) is 25.3 Å². The first-order chi connectivity index (χ1) is 16.5. The Balaban J connectivity index is 1.54. The maximum absolute atomic E-state index is 14.2. The number of thioether (sulfide) groups is 1. The van der Waals surface area contributed by atoms with Crippen LogP contribution in [0.25, 0.3) is 0 Å². The smallest absolute Gasteiger partial charge is 0.338 e. The zero-order valence-corrected chi connectivity index (χ0v) is 20.5. The number of amides is 1. The Morgan fingerprint density at radius 1 is 1.26 bits per heavy atom. The van der Waals surface area contributed by atoms with E-state index >= 15 is 0 Å². The number of nitrogens with zero attached hydrogens (tertiary/aromatic N) is 3. The molecule has 3 heterocycles. The van der Waals surface area contributed by atoms with Gasteiger partial charge in [0.2, 0.25) is 5.91 Å². The van der Waals surface area contributed by atoms with Gasteiger partial charge in [0, 0.05) is 18.8 Å². The zero-order valence-electron chi connectivity index (χ0n) is 19.7. The van der Waals surface area contributed by atoms with Crippen molar-refractivity contribution in [2.75, 3.05) is 33.3 Å². The molecule has 34 heavy (non-hydrogen) atoms. The normalized spacial score (nSPS) is 20.6. The number of methoxy groups -OCH3 is 1. The van der Waals surface area contributed by atoms with Gasteiger partial charge in [-0.15, -0.1) is 0 Å². The van der Waals surface area contributed by atoms with Gasteiger partial charge in [-0.05, 0) is 55.5 Å². The minimum Gasteiger partial charge on any atom is -0.466 e. The van der Waals surface area contributed by atoms with Gasteiger partial charge in [-0.25, -0.2) is 14.2 Å². The van der Waals surface area contributed by atoms with E-state index in [2.05, 4.69) is 10.2 Å². The number of fused-ring (bicyclic) bond motifs is 1. The minimum absolute atomic E-state index is 0.0898. The van der Waals surface area contributed by atoms with Gasteiger partial charge in [0.05, 0.1) is 30.8 Å². The number of piperidine rings is 1. The number of carbonyl (C=O) groups is 2. The van der Waals surface area contributed by atoms with Crippen LogP contribution in [0.3, 0.4) is 0 Å². The third-order valence-corrected chi connectivity index (χ3v) is 7.22. The van der Waals surface area contributed by atoms with Crippen LogP contribution in [-0.4, -0.2) is 60.1 Å². The summed E-state index contributed by atoms with van der Waals surface area (Å²) in [7, 11) is 1.33. The lowest BCUT2D eigenvalue weighted by atomic mass is 9.93. The number of likely N-dealkylation sites (tertiary alicyclic amines) is 1. The van der Waals surface area contributed by atoms with Crippen molar-refractivity contribution < 1.29 is 18.7 Å². The van der Waals surface area contributed by atoms with Crippen molar-refractivity contribution in [2.45, 2.75) is 45.1 Å². The first-order valence-corrected chi connectivity index (χ1v) is 12.7. The number of aliphatic imine (C=N–C) groups is 1. The molecule has 1 saturated heterocycles. The SMILES string of the molecule is CCC1=C(C(=O)OC)[C@H](c2cccc(F)c2)N2C(CC(=O)NCCN3CCCCC3)=CSC2=N1. The van der Waals surface area contributed by atoms with E-state index in [0.29, 0.717) is 35.0 Å². The van der Waals surface area contributed by atoms with E-state index in [1.165, 1.54) is 50.3 Å². The first-order valence-electron chi connectivity index (χ1n) is 11.8. The average Bonchev–Trinajstić information content (AvgIpc) is 3.25. The van der Waals surface area contributed by atoms with E-state index in [4.69, 9.17) is 9.73 Å². The Morgan fingerprint density at radius 2 is 2.06 bits per heavy atom. The second-order valence-electron chi connectivity index (χ2n) is 8.58. The van der Waals surface area contributed by atoms with Gasteiger partial charge in [0.15, 0.2) is 5.17 Å². The number of ether oxygens (including phenoxy) is 1. The molecule has 7 nitrogen and oxygen atoms in total. The van der Waals surface area contributed by atoms with Crippen LogP contribution < -0.4 is 5.32 Å². The quantitative estimate of drug-likeness (QED) is 0.561. The Bertz CT molecular complexity index is 1030. The van der Waals surface area contributed by atoms with Crippen LogP contribution in [0.4, 0.5) is 4.39 Å². The molecule has 4 rings (SSSR count). The Labute approximate surface area is 204 Å². The van der Waals surface area contributed by atoms with E-state index < -0.39 is 17.8 Å². The lowest BCUT2D eigenvalue weighted by Crippen LogP contribution is -2.40. The molecular weight excluding hydrogens is 455 g/mol. The number of benzene rings is 1. The molecular formula is C25H31FN4O3S. The largest absolute Gasteiger partial charge is 0.466 e. The fourth-order valence-electron chi connectivity index (χ4n) is 4.67. The van der Waals surface area contributed by atoms with Crippen molar-refractivity contribution in [3.8, 4) is 0 Å². The molecule has 1 aromatic rings. The average molecular weight is 487 g/mol. The van der Waals surface area contributed by atoms with Crippen LogP contribution in [0, 0.1) is 5.82 Å². The molecule has 0 saturated carbocycles. The molecule has 3 aliphatic heterocycles. The number of rotatable bonds is 8. The number of amidine groups is 1. The van der Waals surface area contributed by atoms with Crippen molar-refractivity contribution in [1.29, 1.82) is 0 Å². The van der Waals surface area contributed by atoms with Crippen molar-refractivity contribution in [3.05, 3.63) is 58.0 Å². The third-order valence-electron chi connectivity index (χ3n) is 6.33. The second-order valence-corrected chi connectivity index (χ2v) is 9.42. The number of hydrogen-bond acceptors (Lipinski definition) is 7. The molecule has 1 fully saturated rings. The van der Waals surface area contributed by atoms with Gasteiger partial charge in [-0.3, -0.25) is 4.79 Å². The molecule has 0 aromatic heterocycles. The molecule has 0 aliphatic carbocycles. The molecule has 182 valence electrons. The number of halogens is 1. The van der Waals surface area contributed by atoms with Crippen molar-refractivity contribution in [2.24, 2.45) is 4.99 Å². The fourth-order valence-corrected chi connectivity index (χ4v) is 5.61.